The molecule has 2 rings (SSSR count). The summed E-state index contributed by atoms with van der Waals surface area (Å²) in [7, 11) is 4.18. The van der Waals surface area contributed by atoms with Crippen LogP contribution in [-0.4, -0.2) is 41.1 Å². The van der Waals surface area contributed by atoms with E-state index in [4.69, 9.17) is 0 Å². The number of rotatable bonds is 9. The Hall–Kier alpha value is -1.79. The molecule has 0 bridgehead atoms. The van der Waals surface area contributed by atoms with Crippen LogP contribution in [0.2, 0.25) is 0 Å². The minimum Gasteiger partial charge on any atom is -0.493 e. The number of aromatic hydroxyl groups is 1. The molecule has 2 aromatic rings. The van der Waals surface area contributed by atoms with Gasteiger partial charge in [0.15, 0.2) is 5.16 Å². The maximum absolute atomic E-state index is 13.0. The smallest absolute Gasteiger partial charge is 0.265 e. The molecule has 0 aliphatic carbocycles. The van der Waals surface area contributed by atoms with Crippen LogP contribution in [0.5, 0.6) is 5.88 Å². The number of nitrogens with zero attached hydrogens (tertiary/aromatic N) is 2. The number of quaternary nitrogens is 1. The van der Waals surface area contributed by atoms with Gasteiger partial charge in [0.05, 0.1) is 37.6 Å². The van der Waals surface area contributed by atoms with E-state index in [0.717, 1.165) is 37.2 Å². The molecule has 2 N–H and O–H groups in total. The van der Waals surface area contributed by atoms with Crippen molar-refractivity contribution in [2.24, 2.45) is 0 Å². The van der Waals surface area contributed by atoms with Gasteiger partial charge in [-0.05, 0) is 25.0 Å². The number of benzene rings is 1. The highest BCUT2D eigenvalue weighted by atomic mass is 32.2. The lowest BCUT2D eigenvalue weighted by Gasteiger charge is -2.15. The van der Waals surface area contributed by atoms with Gasteiger partial charge in [-0.25, -0.2) is 0 Å². The first-order valence-corrected chi connectivity index (χ1v) is 9.85. The third-order valence-corrected chi connectivity index (χ3v) is 4.94. The van der Waals surface area contributed by atoms with Crippen molar-refractivity contribution in [3.8, 4) is 11.6 Å². The lowest BCUT2D eigenvalue weighted by Crippen LogP contribution is -3.06. The summed E-state index contributed by atoms with van der Waals surface area (Å²) in [6.45, 7) is 3.07. The summed E-state index contributed by atoms with van der Waals surface area (Å²) in [4.78, 5) is 18.7. The van der Waals surface area contributed by atoms with Crippen LogP contribution >= 0.6 is 11.8 Å². The molecule has 136 valence electrons. The fourth-order valence-corrected chi connectivity index (χ4v) is 3.71. The summed E-state index contributed by atoms with van der Waals surface area (Å²) in [5.74, 6) is 0.712. The highest BCUT2D eigenvalue weighted by Crippen LogP contribution is 2.23. The van der Waals surface area contributed by atoms with Gasteiger partial charge < -0.3 is 10.0 Å². The third-order valence-electron chi connectivity index (χ3n) is 4.00. The molecule has 0 unspecified atom stereocenters. The number of aromatic nitrogens is 2. The van der Waals surface area contributed by atoms with Crippen LogP contribution in [-0.2, 0) is 6.42 Å². The van der Waals surface area contributed by atoms with E-state index in [-0.39, 0.29) is 11.4 Å². The minimum atomic E-state index is -0.158. The Labute approximate surface area is 153 Å². The van der Waals surface area contributed by atoms with Crippen molar-refractivity contribution in [1.29, 1.82) is 0 Å². The van der Waals surface area contributed by atoms with Gasteiger partial charge in [-0.1, -0.05) is 49.7 Å². The molecule has 0 aliphatic heterocycles. The van der Waals surface area contributed by atoms with Crippen molar-refractivity contribution in [1.82, 2.24) is 9.55 Å². The van der Waals surface area contributed by atoms with Crippen LogP contribution in [0.15, 0.2) is 40.3 Å². The fraction of sp³-hybridized carbons (Fsp3) is 0.474. The Balaban J connectivity index is 2.42. The molecule has 0 saturated carbocycles. The number of para-hydroxylation sites is 1. The van der Waals surface area contributed by atoms with E-state index in [1.807, 2.05) is 30.3 Å². The molecule has 0 atom stereocenters. The normalized spacial score (nSPS) is 11.2. The second-order valence-corrected chi connectivity index (χ2v) is 7.50. The molecule has 0 fully saturated rings. The summed E-state index contributed by atoms with van der Waals surface area (Å²) < 4.78 is 1.64. The van der Waals surface area contributed by atoms with E-state index in [9.17, 15) is 9.90 Å². The Morgan fingerprint density at radius 3 is 2.56 bits per heavy atom. The zero-order valence-electron chi connectivity index (χ0n) is 15.3. The summed E-state index contributed by atoms with van der Waals surface area (Å²) >= 11 is 1.51. The SMILES string of the molecule is CCCCCc1c(O)nc(SCC[NH+](C)C)n(-c2ccccc2)c1=O. The van der Waals surface area contributed by atoms with Crippen molar-refractivity contribution in [3.63, 3.8) is 0 Å². The van der Waals surface area contributed by atoms with Crippen molar-refractivity contribution < 1.29 is 10.0 Å². The van der Waals surface area contributed by atoms with E-state index < -0.39 is 0 Å². The predicted molar refractivity (Wildman–Crippen MR) is 103 cm³/mol. The third kappa shape index (κ3) is 5.34. The lowest BCUT2D eigenvalue weighted by atomic mass is 10.1. The van der Waals surface area contributed by atoms with E-state index >= 15 is 0 Å². The van der Waals surface area contributed by atoms with Gasteiger partial charge in [-0.2, -0.15) is 4.98 Å². The summed E-state index contributed by atoms with van der Waals surface area (Å²) in [5.41, 5.74) is 1.05. The van der Waals surface area contributed by atoms with E-state index in [2.05, 4.69) is 26.0 Å². The highest BCUT2D eigenvalue weighted by Gasteiger charge is 2.17. The highest BCUT2D eigenvalue weighted by molar-refractivity contribution is 7.99. The lowest BCUT2D eigenvalue weighted by molar-refractivity contribution is -0.855. The topological polar surface area (TPSA) is 59.6 Å². The number of hydrogen-bond acceptors (Lipinski definition) is 4. The molecule has 0 aliphatic rings. The molecular weight excluding hydrogens is 334 g/mol. The standard InChI is InChI=1S/C19H27N3O2S/c1-4-5-7-12-16-17(23)20-19(25-14-13-21(2)3)22(18(16)24)15-10-8-6-9-11-15/h6,8-11,23H,4-5,7,12-14H2,1-3H3/p+1. The number of thioether (sulfide) groups is 1. The van der Waals surface area contributed by atoms with Gasteiger partial charge in [0.25, 0.3) is 5.56 Å². The van der Waals surface area contributed by atoms with Crippen LogP contribution in [0.4, 0.5) is 0 Å². The number of hydrogen-bond donors (Lipinski definition) is 2. The summed E-state index contributed by atoms with van der Waals surface area (Å²) in [6, 6.07) is 9.54. The van der Waals surface area contributed by atoms with Crippen molar-refractivity contribution in [2.75, 3.05) is 26.4 Å². The second-order valence-electron chi connectivity index (χ2n) is 6.44. The Morgan fingerprint density at radius 2 is 1.92 bits per heavy atom. The van der Waals surface area contributed by atoms with Crippen LogP contribution in [0, 0.1) is 0 Å². The van der Waals surface area contributed by atoms with Crippen LogP contribution in [0.3, 0.4) is 0 Å². The van der Waals surface area contributed by atoms with Gasteiger partial charge in [-0.15, -0.1) is 0 Å². The second kappa shape index (κ2) is 9.63. The van der Waals surface area contributed by atoms with Crippen molar-refractivity contribution in [3.05, 3.63) is 46.2 Å². The fourth-order valence-electron chi connectivity index (χ4n) is 2.54. The molecule has 5 nitrogen and oxygen atoms in total. The quantitative estimate of drug-likeness (QED) is 0.406. The largest absolute Gasteiger partial charge is 0.493 e. The Morgan fingerprint density at radius 1 is 1.20 bits per heavy atom. The van der Waals surface area contributed by atoms with Gasteiger partial charge in [-0.3, -0.25) is 9.36 Å². The molecule has 6 heteroatoms. The van der Waals surface area contributed by atoms with Crippen LogP contribution < -0.4 is 10.5 Å². The molecule has 1 aromatic carbocycles. The molecule has 0 radical (unpaired) electrons. The van der Waals surface area contributed by atoms with Gasteiger partial charge in [0.1, 0.15) is 0 Å². The van der Waals surface area contributed by atoms with E-state index in [1.54, 1.807) is 4.57 Å². The molecule has 25 heavy (non-hydrogen) atoms. The molecular formula is C19H28N3O2S+. The predicted octanol–water partition coefficient (Wildman–Crippen LogP) is 1.91. The van der Waals surface area contributed by atoms with Gasteiger partial charge in [0.2, 0.25) is 5.88 Å². The Kier molecular flexibility index (Phi) is 7.52. The van der Waals surface area contributed by atoms with E-state index in [1.165, 1.54) is 16.7 Å². The van der Waals surface area contributed by atoms with Crippen molar-refractivity contribution in [2.45, 2.75) is 37.8 Å². The summed E-state index contributed by atoms with van der Waals surface area (Å²) in [5, 5.41) is 10.9. The molecule has 0 amide bonds. The molecule has 1 heterocycles. The monoisotopic (exact) mass is 362 g/mol. The average Bonchev–Trinajstić information content (AvgIpc) is 2.58. The zero-order valence-corrected chi connectivity index (χ0v) is 16.1. The van der Waals surface area contributed by atoms with Crippen LogP contribution in [0.1, 0.15) is 31.7 Å². The number of unbranched alkanes of at least 4 members (excludes halogenated alkanes) is 2. The maximum Gasteiger partial charge on any atom is 0.265 e. The van der Waals surface area contributed by atoms with Gasteiger partial charge >= 0.3 is 0 Å². The first-order chi connectivity index (χ1) is 12.0. The zero-order chi connectivity index (χ0) is 18.2. The Bertz CT molecular complexity index is 729. The van der Waals surface area contributed by atoms with Gasteiger partial charge in [0, 0.05) is 0 Å². The number of nitrogens with one attached hydrogen (secondary N) is 1. The molecule has 1 aromatic heterocycles. The molecule has 0 spiro atoms. The molecule has 0 saturated heterocycles. The first-order valence-electron chi connectivity index (χ1n) is 8.86. The van der Waals surface area contributed by atoms with E-state index in [0.29, 0.717) is 17.1 Å². The van der Waals surface area contributed by atoms with Crippen molar-refractivity contribution >= 4 is 11.8 Å². The minimum absolute atomic E-state index is 0.118. The average molecular weight is 363 g/mol. The van der Waals surface area contributed by atoms with Crippen LogP contribution in [0.25, 0.3) is 5.69 Å². The maximum atomic E-state index is 13.0. The first kappa shape index (κ1) is 19.5. The summed E-state index contributed by atoms with van der Waals surface area (Å²) in [6.07, 6.45) is 3.55.